The van der Waals surface area contributed by atoms with Gasteiger partial charge in [0.1, 0.15) is 11.5 Å². The second kappa shape index (κ2) is 10.1. The fraction of sp³-hybridized carbons (Fsp3) is 0.323. The number of benzene rings is 3. The predicted molar refractivity (Wildman–Crippen MR) is 145 cm³/mol. The summed E-state index contributed by atoms with van der Waals surface area (Å²) in [6.07, 6.45) is 1.38. The molecule has 0 saturated heterocycles. The molecule has 1 aliphatic carbocycles. The fourth-order valence-electron chi connectivity index (χ4n) is 5.13. The summed E-state index contributed by atoms with van der Waals surface area (Å²) in [4.78, 5) is 13.8. The van der Waals surface area contributed by atoms with Crippen molar-refractivity contribution in [3.8, 4) is 11.5 Å². The van der Waals surface area contributed by atoms with Gasteiger partial charge >= 0.3 is 0 Å². The highest BCUT2D eigenvalue weighted by Gasteiger charge is 2.37. The minimum atomic E-state index is -0.304. The molecule has 0 spiro atoms. The molecule has 0 fully saturated rings. The standard InChI is InChI=1S/C31H34N2O3/c1-19(2)35-23-15-13-21(14-16-23)22-17-27-30(28(34)18-22)31(33-26-11-7-6-10-25(26)32-27)24-9-5-8-12-29(24)36-20(3)4/h5-16,19-20,22,31-33H,17-18H2,1-4H3. The number of rotatable bonds is 6. The Labute approximate surface area is 213 Å². The molecule has 2 atom stereocenters. The number of Topliss-reactive ketones (excluding diaryl/α,β-unsaturated/α-hetero) is 1. The van der Waals surface area contributed by atoms with Crippen molar-refractivity contribution in [3.63, 3.8) is 0 Å². The van der Waals surface area contributed by atoms with Gasteiger partial charge in [0.05, 0.1) is 29.6 Å². The van der Waals surface area contributed by atoms with E-state index in [4.69, 9.17) is 9.47 Å². The maximum Gasteiger partial charge on any atom is 0.163 e. The van der Waals surface area contributed by atoms with E-state index in [1.165, 1.54) is 0 Å². The summed E-state index contributed by atoms with van der Waals surface area (Å²) in [7, 11) is 0. The third kappa shape index (κ3) is 4.97. The molecule has 5 heteroatoms. The quantitative estimate of drug-likeness (QED) is 0.388. The smallest absolute Gasteiger partial charge is 0.163 e. The van der Waals surface area contributed by atoms with Gasteiger partial charge < -0.3 is 20.1 Å². The SMILES string of the molecule is CC(C)Oc1ccc(C2CC(=O)C3=C(C2)Nc2ccccc2NC3c2ccccc2OC(C)C)cc1. The van der Waals surface area contributed by atoms with Gasteiger partial charge in [-0.2, -0.15) is 0 Å². The summed E-state index contributed by atoms with van der Waals surface area (Å²) >= 11 is 0. The number of ether oxygens (including phenoxy) is 2. The van der Waals surface area contributed by atoms with Crippen molar-refractivity contribution in [2.45, 2.75) is 64.7 Å². The number of hydrogen-bond donors (Lipinski definition) is 2. The summed E-state index contributed by atoms with van der Waals surface area (Å²) in [6, 6.07) is 24.0. The van der Waals surface area contributed by atoms with Crippen molar-refractivity contribution in [2.24, 2.45) is 0 Å². The average Bonchev–Trinajstić information content (AvgIpc) is 3.01. The molecular formula is C31H34N2O3. The van der Waals surface area contributed by atoms with E-state index in [2.05, 4.69) is 41.0 Å². The number of anilines is 2. The van der Waals surface area contributed by atoms with Gasteiger partial charge in [0.15, 0.2) is 5.78 Å². The van der Waals surface area contributed by atoms with Crippen LogP contribution in [0.5, 0.6) is 11.5 Å². The number of carbonyl (C=O) groups excluding carboxylic acids is 1. The van der Waals surface area contributed by atoms with Crippen molar-refractivity contribution < 1.29 is 14.3 Å². The van der Waals surface area contributed by atoms with Crippen LogP contribution in [0.25, 0.3) is 0 Å². The lowest BCUT2D eigenvalue weighted by molar-refractivity contribution is -0.116. The van der Waals surface area contributed by atoms with E-state index >= 15 is 0 Å². The van der Waals surface area contributed by atoms with Crippen LogP contribution in [0, 0.1) is 0 Å². The molecule has 0 radical (unpaired) electrons. The maximum atomic E-state index is 13.8. The second-order valence-corrected chi connectivity index (χ2v) is 10.1. The summed E-state index contributed by atoms with van der Waals surface area (Å²) in [5, 5.41) is 7.28. The highest BCUT2D eigenvalue weighted by Crippen LogP contribution is 2.46. The Bertz CT molecular complexity index is 1280. The van der Waals surface area contributed by atoms with Crippen LogP contribution in [-0.2, 0) is 4.79 Å². The largest absolute Gasteiger partial charge is 0.491 e. The van der Waals surface area contributed by atoms with Gasteiger partial charge in [-0.15, -0.1) is 0 Å². The van der Waals surface area contributed by atoms with E-state index in [1.807, 2.05) is 70.2 Å². The molecule has 3 aromatic rings. The van der Waals surface area contributed by atoms with E-state index in [0.717, 1.165) is 51.7 Å². The number of carbonyl (C=O) groups is 1. The lowest BCUT2D eigenvalue weighted by Crippen LogP contribution is -2.27. The van der Waals surface area contributed by atoms with Crippen molar-refractivity contribution >= 4 is 17.2 Å². The topological polar surface area (TPSA) is 59.6 Å². The van der Waals surface area contributed by atoms with Crippen LogP contribution in [-0.4, -0.2) is 18.0 Å². The predicted octanol–water partition coefficient (Wildman–Crippen LogP) is 7.24. The Morgan fingerprint density at radius 2 is 1.44 bits per heavy atom. The molecule has 0 saturated carbocycles. The summed E-state index contributed by atoms with van der Waals surface area (Å²) in [5.74, 6) is 1.90. The molecule has 2 aliphatic rings. The maximum absolute atomic E-state index is 13.8. The first-order valence-electron chi connectivity index (χ1n) is 12.8. The van der Waals surface area contributed by atoms with Crippen LogP contribution in [0.4, 0.5) is 11.4 Å². The molecule has 0 bridgehead atoms. The lowest BCUT2D eigenvalue weighted by Gasteiger charge is -2.30. The molecule has 5 nitrogen and oxygen atoms in total. The highest BCUT2D eigenvalue weighted by molar-refractivity contribution is 6.01. The lowest BCUT2D eigenvalue weighted by atomic mass is 9.78. The highest BCUT2D eigenvalue weighted by atomic mass is 16.5. The molecule has 3 aromatic carbocycles. The first-order valence-corrected chi connectivity index (χ1v) is 12.8. The molecule has 1 aliphatic heterocycles. The molecule has 186 valence electrons. The zero-order valence-electron chi connectivity index (χ0n) is 21.4. The molecule has 2 N–H and O–H groups in total. The van der Waals surface area contributed by atoms with Crippen LogP contribution < -0.4 is 20.1 Å². The molecule has 0 amide bonds. The van der Waals surface area contributed by atoms with Crippen LogP contribution in [0.15, 0.2) is 84.1 Å². The fourth-order valence-corrected chi connectivity index (χ4v) is 5.13. The minimum Gasteiger partial charge on any atom is -0.491 e. The van der Waals surface area contributed by atoms with Gasteiger partial charge in [0.25, 0.3) is 0 Å². The van der Waals surface area contributed by atoms with Gasteiger partial charge in [-0.1, -0.05) is 42.5 Å². The third-order valence-electron chi connectivity index (χ3n) is 6.62. The van der Waals surface area contributed by atoms with Crippen LogP contribution in [0.1, 0.15) is 63.6 Å². The Morgan fingerprint density at radius 1 is 0.778 bits per heavy atom. The number of fused-ring (bicyclic) bond motifs is 1. The summed E-state index contributed by atoms with van der Waals surface area (Å²) in [6.45, 7) is 8.08. The van der Waals surface area contributed by atoms with Crippen molar-refractivity contribution in [2.75, 3.05) is 10.6 Å². The molecule has 0 aromatic heterocycles. The van der Waals surface area contributed by atoms with Gasteiger partial charge in [-0.25, -0.2) is 0 Å². The molecule has 5 rings (SSSR count). The first-order chi connectivity index (χ1) is 17.4. The van der Waals surface area contributed by atoms with E-state index in [-0.39, 0.29) is 30.0 Å². The summed E-state index contributed by atoms with van der Waals surface area (Å²) in [5.41, 5.74) is 5.83. The molecule has 1 heterocycles. The molecule has 36 heavy (non-hydrogen) atoms. The Balaban J connectivity index is 1.54. The monoisotopic (exact) mass is 482 g/mol. The number of ketones is 1. The number of allylic oxidation sites excluding steroid dienone is 1. The van der Waals surface area contributed by atoms with E-state index in [0.29, 0.717) is 6.42 Å². The van der Waals surface area contributed by atoms with E-state index in [1.54, 1.807) is 0 Å². The van der Waals surface area contributed by atoms with Crippen LogP contribution in [0.2, 0.25) is 0 Å². The van der Waals surface area contributed by atoms with Crippen molar-refractivity contribution in [1.29, 1.82) is 0 Å². The van der Waals surface area contributed by atoms with Gasteiger partial charge in [-0.3, -0.25) is 4.79 Å². The zero-order chi connectivity index (χ0) is 25.2. The van der Waals surface area contributed by atoms with Crippen molar-refractivity contribution in [3.05, 3.63) is 95.2 Å². The molecule has 2 unspecified atom stereocenters. The Morgan fingerprint density at radius 3 is 2.17 bits per heavy atom. The third-order valence-corrected chi connectivity index (χ3v) is 6.62. The van der Waals surface area contributed by atoms with Crippen LogP contribution >= 0.6 is 0 Å². The number of para-hydroxylation sites is 3. The van der Waals surface area contributed by atoms with Gasteiger partial charge in [-0.05, 0) is 75.9 Å². The van der Waals surface area contributed by atoms with E-state index in [9.17, 15) is 4.79 Å². The van der Waals surface area contributed by atoms with Crippen molar-refractivity contribution in [1.82, 2.24) is 0 Å². The average molecular weight is 483 g/mol. The van der Waals surface area contributed by atoms with Gasteiger partial charge in [0, 0.05) is 23.3 Å². The second-order valence-electron chi connectivity index (χ2n) is 10.1. The Kier molecular flexibility index (Phi) is 6.73. The number of hydrogen-bond acceptors (Lipinski definition) is 5. The molecular weight excluding hydrogens is 448 g/mol. The van der Waals surface area contributed by atoms with Gasteiger partial charge in [0.2, 0.25) is 0 Å². The van der Waals surface area contributed by atoms with Crippen LogP contribution in [0.3, 0.4) is 0 Å². The first kappa shape index (κ1) is 24.0. The Hall–Kier alpha value is -3.73. The van der Waals surface area contributed by atoms with E-state index < -0.39 is 0 Å². The zero-order valence-corrected chi connectivity index (χ0v) is 21.4. The number of nitrogens with one attached hydrogen (secondary N) is 2. The minimum absolute atomic E-state index is 0.0323. The normalized spacial score (nSPS) is 19.2. The summed E-state index contributed by atoms with van der Waals surface area (Å²) < 4.78 is 12.0.